The summed E-state index contributed by atoms with van der Waals surface area (Å²) in [6.07, 6.45) is -4.39. The number of benzene rings is 1. The van der Waals surface area contributed by atoms with Crippen LogP contribution in [0.25, 0.3) is 0 Å². The van der Waals surface area contributed by atoms with Crippen LogP contribution in [-0.2, 0) is 11.0 Å². The number of amides is 1. The molecule has 1 amide bonds. The molecular weight excluding hydrogens is 257 g/mol. The first kappa shape index (κ1) is 13.9. The van der Waals surface area contributed by atoms with Gasteiger partial charge < -0.3 is 10.2 Å². The molecule has 1 aromatic carbocycles. The molecule has 0 bridgehead atoms. The van der Waals surface area contributed by atoms with Crippen molar-refractivity contribution in [3.63, 3.8) is 0 Å². The highest BCUT2D eigenvalue weighted by molar-refractivity contribution is 5.95. The van der Waals surface area contributed by atoms with Crippen LogP contribution < -0.4 is 10.2 Å². The lowest BCUT2D eigenvalue weighted by Crippen LogP contribution is -2.35. The standard InChI is InChI=1S/C13H15F3N2O/c1-9-8-17-5-6-18(12(9)19)11-4-2-3-10(7-11)13(14,15)16/h2-4,7,9,17H,5-6,8H2,1H3. The number of carbonyl (C=O) groups excluding carboxylic acids is 1. The minimum Gasteiger partial charge on any atom is -0.314 e. The number of halogens is 3. The van der Waals surface area contributed by atoms with Crippen LogP contribution in [0.4, 0.5) is 18.9 Å². The predicted molar refractivity (Wildman–Crippen MR) is 65.8 cm³/mol. The number of carbonyl (C=O) groups is 1. The highest BCUT2D eigenvalue weighted by Gasteiger charge is 2.32. The Balaban J connectivity index is 2.32. The van der Waals surface area contributed by atoms with Gasteiger partial charge in [-0.1, -0.05) is 13.0 Å². The van der Waals surface area contributed by atoms with Gasteiger partial charge in [-0.2, -0.15) is 13.2 Å². The zero-order valence-corrected chi connectivity index (χ0v) is 10.5. The van der Waals surface area contributed by atoms with Crippen molar-refractivity contribution in [1.29, 1.82) is 0 Å². The second-order valence-corrected chi connectivity index (χ2v) is 4.64. The highest BCUT2D eigenvalue weighted by atomic mass is 19.4. The van der Waals surface area contributed by atoms with Gasteiger partial charge in [-0.15, -0.1) is 0 Å². The van der Waals surface area contributed by atoms with E-state index in [9.17, 15) is 18.0 Å². The number of hydrogen-bond acceptors (Lipinski definition) is 2. The SMILES string of the molecule is CC1CNCCN(c2cccc(C(F)(F)F)c2)C1=O. The maximum absolute atomic E-state index is 12.7. The van der Waals surface area contributed by atoms with Crippen LogP contribution in [-0.4, -0.2) is 25.5 Å². The Morgan fingerprint density at radius 1 is 1.37 bits per heavy atom. The maximum atomic E-state index is 12.7. The third-order valence-corrected chi connectivity index (χ3v) is 3.14. The van der Waals surface area contributed by atoms with Crippen molar-refractivity contribution in [3.05, 3.63) is 29.8 Å². The van der Waals surface area contributed by atoms with Gasteiger partial charge in [-0.25, -0.2) is 0 Å². The minimum absolute atomic E-state index is 0.149. The third kappa shape index (κ3) is 3.07. The van der Waals surface area contributed by atoms with Crippen LogP contribution in [0, 0.1) is 5.92 Å². The van der Waals surface area contributed by atoms with E-state index in [-0.39, 0.29) is 11.8 Å². The first-order valence-corrected chi connectivity index (χ1v) is 6.09. The molecule has 1 aliphatic rings. The summed E-state index contributed by atoms with van der Waals surface area (Å²) in [7, 11) is 0. The summed E-state index contributed by atoms with van der Waals surface area (Å²) in [5, 5.41) is 3.09. The molecule has 0 saturated carbocycles. The molecule has 1 atom stereocenters. The Morgan fingerprint density at radius 2 is 2.11 bits per heavy atom. The summed E-state index contributed by atoms with van der Waals surface area (Å²) in [4.78, 5) is 13.5. The van der Waals surface area contributed by atoms with E-state index >= 15 is 0 Å². The summed E-state index contributed by atoms with van der Waals surface area (Å²) < 4.78 is 38.0. The predicted octanol–water partition coefficient (Wildman–Crippen LogP) is 2.28. The van der Waals surface area contributed by atoms with Crippen LogP contribution in [0.1, 0.15) is 12.5 Å². The zero-order valence-electron chi connectivity index (χ0n) is 10.5. The summed E-state index contributed by atoms with van der Waals surface area (Å²) in [6, 6.07) is 4.89. The minimum atomic E-state index is -4.39. The number of nitrogens with one attached hydrogen (secondary N) is 1. The number of nitrogens with zero attached hydrogens (tertiary/aromatic N) is 1. The molecule has 1 saturated heterocycles. The largest absolute Gasteiger partial charge is 0.416 e. The topological polar surface area (TPSA) is 32.3 Å². The van der Waals surface area contributed by atoms with Gasteiger partial charge in [0.05, 0.1) is 5.56 Å². The monoisotopic (exact) mass is 272 g/mol. The molecule has 1 aliphatic heterocycles. The van der Waals surface area contributed by atoms with Crippen molar-refractivity contribution in [1.82, 2.24) is 5.32 Å². The first-order chi connectivity index (χ1) is 8.89. The van der Waals surface area contributed by atoms with Gasteiger partial charge in [0.25, 0.3) is 0 Å². The van der Waals surface area contributed by atoms with Crippen LogP contribution in [0.2, 0.25) is 0 Å². The molecule has 6 heteroatoms. The average molecular weight is 272 g/mol. The molecular formula is C13H15F3N2O. The summed E-state index contributed by atoms with van der Waals surface area (Å²) in [6.45, 7) is 3.27. The van der Waals surface area contributed by atoms with Crippen LogP contribution in [0.5, 0.6) is 0 Å². The lowest BCUT2D eigenvalue weighted by atomic mass is 10.1. The van der Waals surface area contributed by atoms with Gasteiger partial charge >= 0.3 is 6.18 Å². The average Bonchev–Trinajstić information content (AvgIpc) is 2.52. The summed E-state index contributed by atoms with van der Waals surface area (Å²) in [5.74, 6) is -0.388. The normalized spacial score (nSPS) is 21.4. The van der Waals surface area contributed by atoms with Gasteiger partial charge in [-0.05, 0) is 18.2 Å². The third-order valence-electron chi connectivity index (χ3n) is 3.14. The number of rotatable bonds is 1. The first-order valence-electron chi connectivity index (χ1n) is 6.09. The Morgan fingerprint density at radius 3 is 2.79 bits per heavy atom. The molecule has 3 nitrogen and oxygen atoms in total. The Labute approximate surface area is 109 Å². The number of alkyl halides is 3. The molecule has 104 valence electrons. The van der Waals surface area contributed by atoms with Crippen molar-refractivity contribution < 1.29 is 18.0 Å². The van der Waals surface area contributed by atoms with Crippen LogP contribution in [0.3, 0.4) is 0 Å². The molecule has 0 radical (unpaired) electrons. The lowest BCUT2D eigenvalue weighted by molar-refractivity contribution is -0.137. The zero-order chi connectivity index (χ0) is 14.0. The molecule has 0 spiro atoms. The maximum Gasteiger partial charge on any atom is 0.416 e. The lowest BCUT2D eigenvalue weighted by Gasteiger charge is -2.23. The molecule has 0 aliphatic carbocycles. The summed E-state index contributed by atoms with van der Waals surface area (Å²) >= 11 is 0. The van der Waals surface area contributed by atoms with E-state index in [1.807, 2.05) is 0 Å². The second kappa shape index (κ2) is 5.21. The van der Waals surface area contributed by atoms with E-state index in [0.717, 1.165) is 12.1 Å². The molecule has 1 N–H and O–H groups in total. The fraction of sp³-hybridized carbons (Fsp3) is 0.462. The smallest absolute Gasteiger partial charge is 0.314 e. The van der Waals surface area contributed by atoms with Crippen molar-refractivity contribution in [3.8, 4) is 0 Å². The second-order valence-electron chi connectivity index (χ2n) is 4.64. The fourth-order valence-electron chi connectivity index (χ4n) is 2.08. The van der Waals surface area contributed by atoms with Crippen molar-refractivity contribution >= 4 is 11.6 Å². The highest BCUT2D eigenvalue weighted by Crippen LogP contribution is 2.32. The van der Waals surface area contributed by atoms with E-state index in [1.54, 1.807) is 6.92 Å². The van der Waals surface area contributed by atoms with E-state index in [0.29, 0.717) is 25.3 Å². The van der Waals surface area contributed by atoms with E-state index in [4.69, 9.17) is 0 Å². The molecule has 1 unspecified atom stereocenters. The Bertz CT molecular complexity index is 473. The van der Waals surface area contributed by atoms with Crippen molar-refractivity contribution in [2.75, 3.05) is 24.5 Å². The van der Waals surface area contributed by atoms with Crippen molar-refractivity contribution in [2.24, 2.45) is 5.92 Å². The summed E-state index contributed by atoms with van der Waals surface area (Å²) in [5.41, 5.74) is -0.432. The quantitative estimate of drug-likeness (QED) is 0.850. The molecule has 1 aromatic rings. The number of anilines is 1. The van der Waals surface area contributed by atoms with E-state index in [2.05, 4.69) is 5.32 Å². The van der Waals surface area contributed by atoms with Crippen LogP contribution in [0.15, 0.2) is 24.3 Å². The van der Waals surface area contributed by atoms with Gasteiger partial charge in [0.1, 0.15) is 0 Å². The van der Waals surface area contributed by atoms with Gasteiger partial charge in [0, 0.05) is 31.2 Å². The Hall–Kier alpha value is -1.56. The fourth-order valence-corrected chi connectivity index (χ4v) is 2.08. The van der Waals surface area contributed by atoms with Gasteiger partial charge in [0.15, 0.2) is 0 Å². The molecule has 2 rings (SSSR count). The molecule has 19 heavy (non-hydrogen) atoms. The number of hydrogen-bond donors (Lipinski definition) is 1. The Kier molecular flexibility index (Phi) is 3.80. The van der Waals surface area contributed by atoms with Crippen LogP contribution >= 0.6 is 0 Å². The van der Waals surface area contributed by atoms with Gasteiger partial charge in [0.2, 0.25) is 5.91 Å². The van der Waals surface area contributed by atoms with E-state index < -0.39 is 11.7 Å². The van der Waals surface area contributed by atoms with E-state index in [1.165, 1.54) is 17.0 Å². The van der Waals surface area contributed by atoms with Gasteiger partial charge in [-0.3, -0.25) is 4.79 Å². The van der Waals surface area contributed by atoms with Crippen molar-refractivity contribution in [2.45, 2.75) is 13.1 Å². The molecule has 1 heterocycles. The molecule has 1 fully saturated rings. The molecule has 0 aromatic heterocycles.